The molecule has 0 aliphatic carbocycles. The van der Waals surface area contributed by atoms with E-state index in [1.165, 1.54) is 12.0 Å². The van der Waals surface area contributed by atoms with Gasteiger partial charge in [0.15, 0.2) is 6.39 Å². The molecule has 2 aromatic heterocycles. The lowest BCUT2D eigenvalue weighted by Crippen LogP contribution is -2.27. The molecule has 0 radical (unpaired) electrons. The Balaban J connectivity index is 1.48. The average Bonchev–Trinajstić information content (AvgIpc) is 3.29. The Bertz CT molecular complexity index is 1080. The molecule has 2 aromatic carbocycles. The van der Waals surface area contributed by atoms with Gasteiger partial charge in [-0.25, -0.2) is 9.78 Å². The minimum atomic E-state index is -0.307. The fourth-order valence-electron chi connectivity index (χ4n) is 2.96. The number of fused-ring (bicyclic) bond motifs is 1. The Hall–Kier alpha value is -3.61. The number of benzene rings is 2. The van der Waals surface area contributed by atoms with Gasteiger partial charge in [0.25, 0.3) is 0 Å². The molecule has 2 heterocycles. The van der Waals surface area contributed by atoms with Crippen LogP contribution in [0.4, 0.5) is 10.5 Å². The molecule has 0 spiro atoms. The molecule has 0 aliphatic rings. The maximum Gasteiger partial charge on any atom is 0.319 e. The number of rotatable bonds is 4. The van der Waals surface area contributed by atoms with Gasteiger partial charge in [0.1, 0.15) is 11.5 Å². The molecule has 0 fully saturated rings. The molecule has 2 N–H and O–H groups in total. The number of carbonyl (C=O) groups is 1. The number of urea groups is 1. The highest BCUT2D eigenvalue weighted by molar-refractivity contribution is 5.94. The molecule has 0 bridgehead atoms. The van der Waals surface area contributed by atoms with Crippen LogP contribution in [0.2, 0.25) is 0 Å². The third-order valence-corrected chi connectivity index (χ3v) is 4.33. The number of nitrogens with zero attached hydrogens (tertiary/aromatic N) is 3. The molecule has 7 heteroatoms. The van der Waals surface area contributed by atoms with Crippen molar-refractivity contribution in [1.29, 1.82) is 0 Å². The highest BCUT2D eigenvalue weighted by atomic mass is 16.3. The van der Waals surface area contributed by atoms with E-state index in [0.717, 1.165) is 22.2 Å². The van der Waals surface area contributed by atoms with Crippen LogP contribution in [-0.2, 0) is 13.6 Å². The zero-order chi connectivity index (χ0) is 18.8. The number of amides is 2. The van der Waals surface area contributed by atoms with Gasteiger partial charge < -0.3 is 15.1 Å². The van der Waals surface area contributed by atoms with E-state index in [0.29, 0.717) is 11.4 Å². The van der Waals surface area contributed by atoms with Crippen molar-refractivity contribution < 1.29 is 9.21 Å². The van der Waals surface area contributed by atoms with Crippen molar-refractivity contribution in [1.82, 2.24) is 20.1 Å². The molecular formula is C20H19N5O2. The Morgan fingerprint density at radius 2 is 2.00 bits per heavy atom. The van der Waals surface area contributed by atoms with E-state index in [1.807, 2.05) is 36.0 Å². The number of hydrogen-bond acceptors (Lipinski definition) is 4. The van der Waals surface area contributed by atoms with Crippen LogP contribution in [0.15, 0.2) is 59.5 Å². The van der Waals surface area contributed by atoms with E-state index >= 15 is 0 Å². The fourth-order valence-corrected chi connectivity index (χ4v) is 2.96. The Kier molecular flexibility index (Phi) is 4.33. The molecule has 27 heavy (non-hydrogen) atoms. The zero-order valence-electron chi connectivity index (χ0n) is 15.1. The first-order valence-corrected chi connectivity index (χ1v) is 8.56. The van der Waals surface area contributed by atoms with E-state index in [2.05, 4.69) is 45.8 Å². The molecule has 4 rings (SSSR count). The smallest absolute Gasteiger partial charge is 0.319 e. The molecule has 2 amide bonds. The second-order valence-corrected chi connectivity index (χ2v) is 6.35. The number of oxazole rings is 1. The summed E-state index contributed by atoms with van der Waals surface area (Å²) in [6.45, 7) is 2.35. The first-order chi connectivity index (χ1) is 13.1. The van der Waals surface area contributed by atoms with Crippen LogP contribution in [-0.4, -0.2) is 20.8 Å². The van der Waals surface area contributed by atoms with Gasteiger partial charge in [-0.05, 0) is 30.7 Å². The largest absolute Gasteiger partial charge is 0.447 e. The van der Waals surface area contributed by atoms with Crippen molar-refractivity contribution in [3.05, 3.63) is 66.4 Å². The van der Waals surface area contributed by atoms with Crippen molar-refractivity contribution >= 4 is 22.6 Å². The molecule has 0 saturated carbocycles. The number of aromatic nitrogens is 3. The third-order valence-electron chi connectivity index (χ3n) is 4.33. The van der Waals surface area contributed by atoms with Crippen molar-refractivity contribution in [2.24, 2.45) is 7.05 Å². The summed E-state index contributed by atoms with van der Waals surface area (Å²) in [5.41, 5.74) is 4.92. The van der Waals surface area contributed by atoms with Crippen LogP contribution in [0.5, 0.6) is 0 Å². The highest BCUT2D eigenvalue weighted by Gasteiger charge is 2.11. The monoisotopic (exact) mass is 361 g/mol. The van der Waals surface area contributed by atoms with Gasteiger partial charge in [0, 0.05) is 23.7 Å². The van der Waals surface area contributed by atoms with Gasteiger partial charge in [-0.3, -0.25) is 4.68 Å². The summed E-state index contributed by atoms with van der Waals surface area (Å²) in [7, 11) is 1.94. The lowest BCUT2D eigenvalue weighted by molar-refractivity contribution is 0.251. The van der Waals surface area contributed by atoms with Gasteiger partial charge >= 0.3 is 6.03 Å². The van der Waals surface area contributed by atoms with Gasteiger partial charge in [-0.2, -0.15) is 5.10 Å². The van der Waals surface area contributed by atoms with Crippen molar-refractivity contribution in [3.8, 4) is 11.3 Å². The minimum absolute atomic E-state index is 0.281. The van der Waals surface area contributed by atoms with E-state index in [-0.39, 0.29) is 12.6 Å². The highest BCUT2D eigenvalue weighted by Crippen LogP contribution is 2.29. The van der Waals surface area contributed by atoms with E-state index < -0.39 is 0 Å². The van der Waals surface area contributed by atoms with E-state index in [1.54, 1.807) is 6.20 Å². The lowest BCUT2D eigenvalue weighted by atomic mass is 10.1. The molecule has 4 aromatic rings. The SMILES string of the molecule is Cc1ccc2c(-c3ccc(NC(=O)NCc4cnco4)cc3)nn(C)c2c1. The minimum Gasteiger partial charge on any atom is -0.447 e. The quantitative estimate of drug-likeness (QED) is 0.578. The summed E-state index contributed by atoms with van der Waals surface area (Å²) in [6, 6.07) is 13.6. The number of nitrogens with one attached hydrogen (secondary N) is 2. The predicted octanol–water partition coefficient (Wildman–Crippen LogP) is 3.86. The molecule has 136 valence electrons. The van der Waals surface area contributed by atoms with Gasteiger partial charge in [-0.1, -0.05) is 24.3 Å². The predicted molar refractivity (Wildman–Crippen MR) is 103 cm³/mol. The van der Waals surface area contributed by atoms with Crippen LogP contribution in [0.3, 0.4) is 0 Å². The molecular weight excluding hydrogens is 342 g/mol. The fraction of sp³-hybridized carbons (Fsp3) is 0.150. The second-order valence-electron chi connectivity index (χ2n) is 6.35. The summed E-state index contributed by atoms with van der Waals surface area (Å²) < 4.78 is 6.97. The summed E-state index contributed by atoms with van der Waals surface area (Å²) in [5, 5.41) is 11.3. The van der Waals surface area contributed by atoms with Gasteiger partial charge in [0.2, 0.25) is 0 Å². The van der Waals surface area contributed by atoms with Crippen LogP contribution in [0.1, 0.15) is 11.3 Å². The Morgan fingerprint density at radius 1 is 1.19 bits per heavy atom. The van der Waals surface area contributed by atoms with Crippen LogP contribution < -0.4 is 10.6 Å². The molecule has 0 aliphatic heterocycles. The average molecular weight is 361 g/mol. The molecule has 0 saturated heterocycles. The van der Waals surface area contributed by atoms with Crippen LogP contribution >= 0.6 is 0 Å². The molecule has 7 nitrogen and oxygen atoms in total. The zero-order valence-corrected chi connectivity index (χ0v) is 15.1. The lowest BCUT2D eigenvalue weighted by Gasteiger charge is -2.07. The third kappa shape index (κ3) is 3.52. The van der Waals surface area contributed by atoms with Crippen molar-refractivity contribution in [2.75, 3.05) is 5.32 Å². The van der Waals surface area contributed by atoms with Gasteiger partial charge in [0.05, 0.1) is 18.3 Å². The van der Waals surface area contributed by atoms with E-state index in [4.69, 9.17) is 4.42 Å². The standard InChI is InChI=1S/C20H19N5O2/c1-13-3-8-17-18(9-13)25(2)24-19(17)14-4-6-15(7-5-14)23-20(26)22-11-16-10-21-12-27-16/h3-10,12H,11H2,1-2H3,(H2,22,23,26). The number of carbonyl (C=O) groups excluding carboxylic acids is 1. The Labute approximate surface area is 156 Å². The topological polar surface area (TPSA) is 85.0 Å². The maximum atomic E-state index is 12.0. The summed E-state index contributed by atoms with van der Waals surface area (Å²) in [4.78, 5) is 15.8. The van der Waals surface area contributed by atoms with E-state index in [9.17, 15) is 4.79 Å². The summed E-state index contributed by atoms with van der Waals surface area (Å²) in [5.74, 6) is 0.595. The number of hydrogen-bond donors (Lipinski definition) is 2. The summed E-state index contributed by atoms with van der Waals surface area (Å²) in [6.07, 6.45) is 2.89. The first-order valence-electron chi connectivity index (χ1n) is 8.56. The normalized spacial score (nSPS) is 10.9. The Morgan fingerprint density at radius 3 is 2.74 bits per heavy atom. The van der Waals surface area contributed by atoms with Crippen LogP contribution in [0.25, 0.3) is 22.2 Å². The van der Waals surface area contributed by atoms with Gasteiger partial charge in [-0.15, -0.1) is 0 Å². The van der Waals surface area contributed by atoms with Crippen molar-refractivity contribution in [2.45, 2.75) is 13.5 Å². The maximum absolute atomic E-state index is 12.0. The van der Waals surface area contributed by atoms with Crippen LogP contribution in [0, 0.1) is 6.92 Å². The summed E-state index contributed by atoms with van der Waals surface area (Å²) >= 11 is 0. The second kappa shape index (κ2) is 6.95. The number of anilines is 1. The number of aryl methyl sites for hydroxylation is 2. The van der Waals surface area contributed by atoms with Crippen molar-refractivity contribution in [3.63, 3.8) is 0 Å². The molecule has 0 unspecified atom stereocenters. The molecule has 0 atom stereocenters. The first kappa shape index (κ1) is 16.8.